The number of hydrogen-bond donors (Lipinski definition) is 2. The fourth-order valence-electron chi connectivity index (χ4n) is 2.54. The normalized spacial score (nSPS) is 20.2. The SMILES string of the molecule is Cc1cc(NC2CCC(C)(C)CC2)ccc1N. The molecule has 0 amide bonds. The largest absolute Gasteiger partial charge is 0.399 e. The molecule has 0 radical (unpaired) electrons. The third-order valence-electron chi connectivity index (χ3n) is 3.98. The maximum Gasteiger partial charge on any atom is 0.0346 e. The van der Waals surface area contributed by atoms with Crippen LogP contribution in [0.3, 0.4) is 0 Å². The average Bonchev–Trinajstić information content (AvgIpc) is 2.27. The van der Waals surface area contributed by atoms with Gasteiger partial charge in [0.2, 0.25) is 0 Å². The lowest BCUT2D eigenvalue weighted by atomic mass is 9.75. The van der Waals surface area contributed by atoms with E-state index in [1.807, 2.05) is 6.07 Å². The highest BCUT2D eigenvalue weighted by Gasteiger charge is 2.26. The topological polar surface area (TPSA) is 38.0 Å². The van der Waals surface area contributed by atoms with Crippen LogP contribution >= 0.6 is 0 Å². The zero-order valence-electron chi connectivity index (χ0n) is 11.2. The molecule has 0 unspecified atom stereocenters. The molecule has 94 valence electrons. The molecule has 0 heterocycles. The number of nitrogens with one attached hydrogen (secondary N) is 1. The Morgan fingerprint density at radius 3 is 2.47 bits per heavy atom. The van der Waals surface area contributed by atoms with Crippen molar-refractivity contribution in [3.8, 4) is 0 Å². The molecule has 0 aromatic heterocycles. The van der Waals surface area contributed by atoms with Crippen molar-refractivity contribution in [2.45, 2.75) is 52.5 Å². The highest BCUT2D eigenvalue weighted by Crippen LogP contribution is 2.36. The number of anilines is 2. The number of benzene rings is 1. The summed E-state index contributed by atoms with van der Waals surface area (Å²) in [7, 11) is 0. The summed E-state index contributed by atoms with van der Waals surface area (Å²) in [6, 6.07) is 6.85. The summed E-state index contributed by atoms with van der Waals surface area (Å²) in [5.74, 6) is 0. The van der Waals surface area contributed by atoms with E-state index >= 15 is 0 Å². The van der Waals surface area contributed by atoms with E-state index in [4.69, 9.17) is 5.73 Å². The molecule has 0 spiro atoms. The van der Waals surface area contributed by atoms with Gasteiger partial charge in [-0.25, -0.2) is 0 Å². The lowest BCUT2D eigenvalue weighted by Gasteiger charge is -2.35. The van der Waals surface area contributed by atoms with Crippen LogP contribution in [0, 0.1) is 12.3 Å². The first kappa shape index (κ1) is 12.3. The van der Waals surface area contributed by atoms with Crippen LogP contribution < -0.4 is 11.1 Å². The predicted octanol–water partition coefficient (Wildman–Crippen LogP) is 3.96. The van der Waals surface area contributed by atoms with E-state index in [0.29, 0.717) is 11.5 Å². The summed E-state index contributed by atoms with van der Waals surface area (Å²) in [6.07, 6.45) is 5.18. The summed E-state index contributed by atoms with van der Waals surface area (Å²) < 4.78 is 0. The summed E-state index contributed by atoms with van der Waals surface area (Å²) in [5.41, 5.74) is 9.61. The van der Waals surface area contributed by atoms with Gasteiger partial charge in [-0.05, 0) is 61.8 Å². The van der Waals surface area contributed by atoms with Crippen LogP contribution in [0.25, 0.3) is 0 Å². The molecule has 3 N–H and O–H groups in total. The van der Waals surface area contributed by atoms with Gasteiger partial charge in [-0.3, -0.25) is 0 Å². The van der Waals surface area contributed by atoms with Gasteiger partial charge in [0.15, 0.2) is 0 Å². The Morgan fingerprint density at radius 1 is 1.24 bits per heavy atom. The molecule has 0 aliphatic heterocycles. The second kappa shape index (κ2) is 4.59. The van der Waals surface area contributed by atoms with Crippen LogP contribution in [0.2, 0.25) is 0 Å². The van der Waals surface area contributed by atoms with Gasteiger partial charge < -0.3 is 11.1 Å². The van der Waals surface area contributed by atoms with Crippen molar-refractivity contribution in [3.63, 3.8) is 0 Å². The molecule has 1 aromatic carbocycles. The van der Waals surface area contributed by atoms with E-state index in [9.17, 15) is 0 Å². The van der Waals surface area contributed by atoms with Crippen LogP contribution in [0.1, 0.15) is 45.1 Å². The van der Waals surface area contributed by atoms with Crippen molar-refractivity contribution in [2.75, 3.05) is 11.1 Å². The Labute approximate surface area is 105 Å². The van der Waals surface area contributed by atoms with E-state index in [1.165, 1.54) is 31.4 Å². The summed E-state index contributed by atoms with van der Waals surface area (Å²) in [4.78, 5) is 0. The molecule has 17 heavy (non-hydrogen) atoms. The lowest BCUT2D eigenvalue weighted by Crippen LogP contribution is -2.29. The monoisotopic (exact) mass is 232 g/mol. The van der Waals surface area contributed by atoms with Crippen LogP contribution in [-0.2, 0) is 0 Å². The molecule has 1 fully saturated rings. The van der Waals surface area contributed by atoms with Crippen molar-refractivity contribution in [1.29, 1.82) is 0 Å². The molecule has 2 rings (SSSR count). The zero-order chi connectivity index (χ0) is 12.5. The molecular weight excluding hydrogens is 208 g/mol. The number of aryl methyl sites for hydroxylation is 1. The Hall–Kier alpha value is -1.18. The quantitative estimate of drug-likeness (QED) is 0.757. The van der Waals surface area contributed by atoms with Gasteiger partial charge in [-0.15, -0.1) is 0 Å². The summed E-state index contributed by atoms with van der Waals surface area (Å²) >= 11 is 0. The van der Waals surface area contributed by atoms with Gasteiger partial charge in [0.25, 0.3) is 0 Å². The molecule has 2 heteroatoms. The fraction of sp³-hybridized carbons (Fsp3) is 0.600. The van der Waals surface area contributed by atoms with Gasteiger partial charge in [-0.2, -0.15) is 0 Å². The number of hydrogen-bond acceptors (Lipinski definition) is 2. The maximum absolute atomic E-state index is 5.83. The van der Waals surface area contributed by atoms with E-state index in [0.717, 1.165) is 11.3 Å². The van der Waals surface area contributed by atoms with Gasteiger partial charge in [0, 0.05) is 17.4 Å². The second-order valence-electron chi connectivity index (χ2n) is 6.15. The van der Waals surface area contributed by atoms with Gasteiger partial charge >= 0.3 is 0 Å². The minimum atomic E-state index is 0.537. The molecule has 1 aliphatic rings. The molecule has 2 nitrogen and oxygen atoms in total. The predicted molar refractivity (Wildman–Crippen MR) is 75.3 cm³/mol. The molecule has 1 saturated carbocycles. The van der Waals surface area contributed by atoms with Gasteiger partial charge in [-0.1, -0.05) is 13.8 Å². The molecule has 0 atom stereocenters. The van der Waals surface area contributed by atoms with E-state index < -0.39 is 0 Å². The van der Waals surface area contributed by atoms with Crippen molar-refractivity contribution in [1.82, 2.24) is 0 Å². The van der Waals surface area contributed by atoms with Gasteiger partial charge in [0.05, 0.1) is 0 Å². The molecule has 0 saturated heterocycles. The highest BCUT2D eigenvalue weighted by molar-refractivity contribution is 5.57. The van der Waals surface area contributed by atoms with E-state index in [1.54, 1.807) is 0 Å². The van der Waals surface area contributed by atoms with Crippen LogP contribution in [0.15, 0.2) is 18.2 Å². The highest BCUT2D eigenvalue weighted by atomic mass is 14.9. The second-order valence-corrected chi connectivity index (χ2v) is 6.15. The minimum absolute atomic E-state index is 0.537. The minimum Gasteiger partial charge on any atom is -0.399 e. The first-order valence-electron chi connectivity index (χ1n) is 6.59. The molecule has 1 aliphatic carbocycles. The zero-order valence-corrected chi connectivity index (χ0v) is 11.2. The Bertz CT molecular complexity index is 386. The van der Waals surface area contributed by atoms with Crippen molar-refractivity contribution < 1.29 is 0 Å². The van der Waals surface area contributed by atoms with Crippen molar-refractivity contribution >= 4 is 11.4 Å². The average molecular weight is 232 g/mol. The van der Waals surface area contributed by atoms with E-state index in [2.05, 4.69) is 38.2 Å². The summed E-state index contributed by atoms with van der Waals surface area (Å²) in [5, 5.41) is 3.63. The van der Waals surface area contributed by atoms with Crippen LogP contribution in [-0.4, -0.2) is 6.04 Å². The number of nitrogen functional groups attached to an aromatic ring is 1. The smallest absolute Gasteiger partial charge is 0.0346 e. The Kier molecular flexibility index (Phi) is 3.32. The fourth-order valence-corrected chi connectivity index (χ4v) is 2.54. The standard InChI is InChI=1S/C15H24N2/c1-11-10-13(4-5-14(11)16)17-12-6-8-15(2,3)9-7-12/h4-5,10,12,17H,6-9,16H2,1-3H3. The summed E-state index contributed by atoms with van der Waals surface area (Å²) in [6.45, 7) is 6.80. The third-order valence-corrected chi connectivity index (χ3v) is 3.98. The molecular formula is C15H24N2. The maximum atomic E-state index is 5.83. The molecule has 0 bridgehead atoms. The van der Waals surface area contributed by atoms with Gasteiger partial charge in [0.1, 0.15) is 0 Å². The van der Waals surface area contributed by atoms with E-state index in [-0.39, 0.29) is 0 Å². The Morgan fingerprint density at radius 2 is 1.88 bits per heavy atom. The first-order chi connectivity index (χ1) is 7.96. The number of nitrogens with two attached hydrogens (primary N) is 1. The van der Waals surface area contributed by atoms with Crippen molar-refractivity contribution in [2.24, 2.45) is 5.41 Å². The first-order valence-corrected chi connectivity index (χ1v) is 6.59. The third kappa shape index (κ3) is 3.15. The Balaban J connectivity index is 1.95. The molecule has 1 aromatic rings. The van der Waals surface area contributed by atoms with Crippen LogP contribution in [0.4, 0.5) is 11.4 Å². The van der Waals surface area contributed by atoms with Crippen molar-refractivity contribution in [3.05, 3.63) is 23.8 Å². The number of rotatable bonds is 2. The lowest BCUT2D eigenvalue weighted by molar-refractivity contribution is 0.232. The van der Waals surface area contributed by atoms with Crippen LogP contribution in [0.5, 0.6) is 0 Å².